The van der Waals surface area contributed by atoms with Crippen molar-refractivity contribution in [2.45, 2.75) is 32.1 Å². The van der Waals surface area contributed by atoms with Crippen molar-refractivity contribution in [2.24, 2.45) is 5.41 Å². The molecule has 27 heavy (non-hydrogen) atoms. The van der Waals surface area contributed by atoms with Gasteiger partial charge in [-0.3, -0.25) is 14.5 Å². The van der Waals surface area contributed by atoms with E-state index in [4.69, 9.17) is 4.74 Å². The van der Waals surface area contributed by atoms with Gasteiger partial charge in [-0.05, 0) is 31.0 Å². The van der Waals surface area contributed by atoms with Crippen LogP contribution in [0.2, 0.25) is 0 Å². The fraction of sp³-hybridized carbons (Fsp3) is 0.526. The van der Waals surface area contributed by atoms with Crippen LogP contribution in [0.1, 0.15) is 42.5 Å². The Labute approximate surface area is 157 Å². The highest BCUT2D eigenvalue weighted by atomic mass is 16.5. The number of methoxy groups -OCH3 is 1. The first-order chi connectivity index (χ1) is 13.0. The molecule has 0 bridgehead atoms. The minimum Gasteiger partial charge on any atom is -0.495 e. The average molecular weight is 375 g/mol. The highest BCUT2D eigenvalue weighted by molar-refractivity contribution is 6.00. The number of urea groups is 1. The Morgan fingerprint density at radius 2 is 2.04 bits per heavy atom. The number of hydrogen-bond donors (Lipinski definition) is 3. The van der Waals surface area contributed by atoms with Crippen LogP contribution in [0.15, 0.2) is 18.2 Å². The van der Waals surface area contributed by atoms with Gasteiger partial charge in [-0.2, -0.15) is 0 Å². The van der Waals surface area contributed by atoms with E-state index in [9.17, 15) is 19.5 Å². The van der Waals surface area contributed by atoms with Gasteiger partial charge in [0.2, 0.25) is 0 Å². The fourth-order valence-electron chi connectivity index (χ4n) is 3.79. The van der Waals surface area contributed by atoms with Gasteiger partial charge in [0, 0.05) is 25.2 Å². The van der Waals surface area contributed by atoms with E-state index in [0.29, 0.717) is 42.9 Å². The molecule has 8 heteroatoms. The Bertz CT molecular complexity index is 743. The zero-order valence-electron chi connectivity index (χ0n) is 15.4. The van der Waals surface area contributed by atoms with Gasteiger partial charge in [0.1, 0.15) is 5.75 Å². The predicted octanol–water partition coefficient (Wildman–Crippen LogP) is 1.99. The Kier molecular flexibility index (Phi) is 5.53. The lowest BCUT2D eigenvalue weighted by atomic mass is 9.74. The van der Waals surface area contributed by atoms with Crippen molar-refractivity contribution in [2.75, 3.05) is 31.6 Å². The van der Waals surface area contributed by atoms with Crippen LogP contribution in [0.3, 0.4) is 0 Å². The second kappa shape index (κ2) is 7.85. The number of nitrogens with zero attached hydrogens (tertiary/aromatic N) is 1. The van der Waals surface area contributed by atoms with Crippen LogP contribution in [-0.2, 0) is 4.79 Å². The highest BCUT2D eigenvalue weighted by Gasteiger charge is 2.39. The van der Waals surface area contributed by atoms with Crippen LogP contribution in [0.25, 0.3) is 0 Å². The number of carboxylic acid groups (broad SMARTS) is 1. The number of aliphatic carboxylic acids is 1. The molecule has 0 aromatic heterocycles. The minimum absolute atomic E-state index is 0.104. The Hall–Kier alpha value is -2.77. The largest absolute Gasteiger partial charge is 0.495 e. The van der Waals surface area contributed by atoms with Crippen LogP contribution in [0, 0.1) is 5.41 Å². The number of carbonyl (C=O) groups excluding carboxylic acids is 2. The molecule has 3 amide bonds. The molecule has 0 spiro atoms. The lowest BCUT2D eigenvalue weighted by Crippen LogP contribution is -2.44. The zero-order valence-corrected chi connectivity index (χ0v) is 15.4. The van der Waals surface area contributed by atoms with Crippen LogP contribution < -0.4 is 20.3 Å². The summed E-state index contributed by atoms with van der Waals surface area (Å²) < 4.78 is 5.31. The van der Waals surface area contributed by atoms with E-state index in [1.54, 1.807) is 18.2 Å². The van der Waals surface area contributed by atoms with Gasteiger partial charge in [-0.15, -0.1) is 0 Å². The summed E-state index contributed by atoms with van der Waals surface area (Å²) in [7, 11) is 1.51. The zero-order chi connectivity index (χ0) is 19.4. The molecule has 0 radical (unpaired) electrons. The second-order valence-electron chi connectivity index (χ2n) is 7.10. The summed E-state index contributed by atoms with van der Waals surface area (Å²) in [5.74, 6) is -0.714. The lowest BCUT2D eigenvalue weighted by Gasteiger charge is -2.33. The number of nitrogens with one attached hydrogen (secondary N) is 2. The maximum Gasteiger partial charge on any atom is 0.322 e. The van der Waals surface area contributed by atoms with E-state index in [2.05, 4.69) is 10.6 Å². The molecule has 1 saturated heterocycles. The standard InChI is InChI=1S/C19H25N3O5/c1-27-15-6-5-13(11-14(15)22-10-9-20-18(22)26)16(23)21-12-19(17(24)25)7-3-2-4-8-19/h5-6,11H,2-4,7-10,12H2,1H3,(H,20,26)(H,21,23)(H,24,25). The first-order valence-corrected chi connectivity index (χ1v) is 9.22. The van der Waals surface area contributed by atoms with Gasteiger partial charge in [0.05, 0.1) is 18.2 Å². The quantitative estimate of drug-likeness (QED) is 0.705. The molecular formula is C19H25N3O5. The summed E-state index contributed by atoms with van der Waals surface area (Å²) in [5, 5.41) is 15.1. The van der Waals surface area contributed by atoms with Crippen molar-refractivity contribution >= 4 is 23.6 Å². The van der Waals surface area contributed by atoms with Crippen molar-refractivity contribution in [3.63, 3.8) is 0 Å². The van der Waals surface area contributed by atoms with Crippen molar-refractivity contribution in [1.29, 1.82) is 0 Å². The SMILES string of the molecule is COc1ccc(C(=O)NCC2(C(=O)O)CCCCC2)cc1N1CCNC1=O. The minimum atomic E-state index is -0.891. The fourth-order valence-corrected chi connectivity index (χ4v) is 3.79. The molecule has 1 saturated carbocycles. The molecule has 3 N–H and O–H groups in total. The molecule has 0 unspecified atom stereocenters. The molecule has 8 nitrogen and oxygen atoms in total. The third-order valence-corrected chi connectivity index (χ3v) is 5.44. The maximum atomic E-state index is 12.6. The Morgan fingerprint density at radius 1 is 1.30 bits per heavy atom. The molecule has 146 valence electrons. The van der Waals surface area contributed by atoms with Gasteiger partial charge < -0.3 is 20.5 Å². The van der Waals surface area contributed by atoms with E-state index in [0.717, 1.165) is 19.3 Å². The number of ether oxygens (including phenoxy) is 1. The number of amides is 3. The van der Waals surface area contributed by atoms with Crippen LogP contribution in [0.4, 0.5) is 10.5 Å². The van der Waals surface area contributed by atoms with Gasteiger partial charge in [-0.1, -0.05) is 19.3 Å². The topological polar surface area (TPSA) is 108 Å². The summed E-state index contributed by atoms with van der Waals surface area (Å²) in [6, 6.07) is 4.62. The smallest absolute Gasteiger partial charge is 0.322 e. The molecule has 1 aromatic rings. The number of hydrogen-bond acceptors (Lipinski definition) is 4. The molecular weight excluding hydrogens is 350 g/mol. The number of rotatable bonds is 6. The molecule has 1 aromatic carbocycles. The van der Waals surface area contributed by atoms with Gasteiger partial charge in [0.15, 0.2) is 0 Å². The number of carboxylic acids is 1. The summed E-state index contributed by atoms with van der Waals surface area (Å²) in [6.07, 6.45) is 3.90. The molecule has 1 heterocycles. The molecule has 3 rings (SSSR count). The van der Waals surface area contributed by atoms with Crippen LogP contribution >= 0.6 is 0 Å². The number of benzene rings is 1. The van der Waals surface area contributed by atoms with Crippen LogP contribution in [0.5, 0.6) is 5.75 Å². The van der Waals surface area contributed by atoms with Crippen molar-refractivity contribution in [3.05, 3.63) is 23.8 Å². The van der Waals surface area contributed by atoms with E-state index in [1.165, 1.54) is 12.0 Å². The monoisotopic (exact) mass is 375 g/mol. The molecule has 0 atom stereocenters. The third kappa shape index (κ3) is 3.84. The highest BCUT2D eigenvalue weighted by Crippen LogP contribution is 2.36. The predicted molar refractivity (Wildman–Crippen MR) is 99.2 cm³/mol. The van der Waals surface area contributed by atoms with E-state index in [1.807, 2.05) is 0 Å². The van der Waals surface area contributed by atoms with Gasteiger partial charge in [0.25, 0.3) is 5.91 Å². The Morgan fingerprint density at radius 3 is 2.63 bits per heavy atom. The van der Waals surface area contributed by atoms with Crippen molar-refractivity contribution in [3.8, 4) is 5.75 Å². The maximum absolute atomic E-state index is 12.6. The van der Waals surface area contributed by atoms with Gasteiger partial charge >= 0.3 is 12.0 Å². The number of carbonyl (C=O) groups is 3. The molecule has 1 aliphatic heterocycles. The summed E-state index contributed by atoms with van der Waals surface area (Å²) in [4.78, 5) is 37.9. The normalized spacial score (nSPS) is 18.7. The Balaban J connectivity index is 1.76. The van der Waals surface area contributed by atoms with E-state index in [-0.39, 0.29) is 18.5 Å². The van der Waals surface area contributed by atoms with Gasteiger partial charge in [-0.25, -0.2) is 4.79 Å². The lowest BCUT2D eigenvalue weighted by molar-refractivity contribution is -0.150. The van der Waals surface area contributed by atoms with Crippen molar-refractivity contribution < 1.29 is 24.2 Å². The van der Waals surface area contributed by atoms with E-state index >= 15 is 0 Å². The van der Waals surface area contributed by atoms with Crippen molar-refractivity contribution in [1.82, 2.24) is 10.6 Å². The summed E-state index contributed by atoms with van der Waals surface area (Å²) in [6.45, 7) is 1.12. The number of anilines is 1. The first kappa shape index (κ1) is 19.0. The molecule has 2 aliphatic rings. The average Bonchev–Trinajstić information content (AvgIpc) is 3.12. The second-order valence-corrected chi connectivity index (χ2v) is 7.10. The summed E-state index contributed by atoms with van der Waals surface area (Å²) in [5.41, 5.74) is -0.00878. The molecule has 1 aliphatic carbocycles. The first-order valence-electron chi connectivity index (χ1n) is 9.22. The summed E-state index contributed by atoms with van der Waals surface area (Å²) >= 11 is 0. The molecule has 2 fully saturated rings. The van der Waals surface area contributed by atoms with Crippen LogP contribution in [-0.4, -0.2) is 49.8 Å². The third-order valence-electron chi connectivity index (χ3n) is 5.44. The van der Waals surface area contributed by atoms with E-state index < -0.39 is 11.4 Å².